The van der Waals surface area contributed by atoms with Crippen molar-refractivity contribution < 1.29 is 4.79 Å². The molecule has 1 aliphatic carbocycles. The molecule has 1 unspecified atom stereocenters. The van der Waals surface area contributed by atoms with Gasteiger partial charge in [-0.25, -0.2) is 4.98 Å². The van der Waals surface area contributed by atoms with Gasteiger partial charge >= 0.3 is 0 Å². The van der Waals surface area contributed by atoms with Crippen molar-refractivity contribution in [3.63, 3.8) is 0 Å². The van der Waals surface area contributed by atoms with Crippen LogP contribution in [0, 0.1) is 12.8 Å². The Morgan fingerprint density at radius 3 is 2.77 bits per heavy atom. The number of rotatable bonds is 5. The number of amides is 1. The number of nitrogens with zero attached hydrogens (tertiary/aromatic N) is 1. The molecule has 1 aliphatic rings. The summed E-state index contributed by atoms with van der Waals surface area (Å²) in [5.74, 6) is 1.14. The third kappa shape index (κ3) is 4.43. The highest BCUT2D eigenvalue weighted by Gasteiger charge is 2.27. The van der Waals surface area contributed by atoms with Crippen molar-refractivity contribution in [3.8, 4) is 10.6 Å². The molecular formula is C25H24N2OS3. The van der Waals surface area contributed by atoms with E-state index in [0.29, 0.717) is 11.7 Å². The molecule has 4 aromatic rings. The molecule has 5 rings (SSSR count). The maximum atomic E-state index is 12.8. The van der Waals surface area contributed by atoms with Gasteiger partial charge < -0.3 is 5.32 Å². The summed E-state index contributed by atoms with van der Waals surface area (Å²) in [6.45, 7) is 4.39. The molecule has 1 N–H and O–H groups in total. The Labute approximate surface area is 194 Å². The van der Waals surface area contributed by atoms with Crippen LogP contribution >= 0.6 is 34.4 Å². The van der Waals surface area contributed by atoms with Crippen molar-refractivity contribution in [1.82, 2.24) is 4.98 Å². The number of thiophene rings is 1. The van der Waals surface area contributed by atoms with Gasteiger partial charge in [0.15, 0.2) is 0 Å². The lowest BCUT2D eigenvalue weighted by molar-refractivity contribution is -0.113. The Morgan fingerprint density at radius 1 is 1.16 bits per heavy atom. The van der Waals surface area contributed by atoms with E-state index in [0.717, 1.165) is 38.8 Å². The zero-order chi connectivity index (χ0) is 21.4. The first-order valence-electron chi connectivity index (χ1n) is 10.6. The summed E-state index contributed by atoms with van der Waals surface area (Å²) in [4.78, 5) is 20.3. The highest BCUT2D eigenvalue weighted by Crippen LogP contribution is 2.47. The highest BCUT2D eigenvalue weighted by molar-refractivity contribution is 8.00. The normalized spacial score (nSPS) is 15.7. The quantitative estimate of drug-likeness (QED) is 0.318. The number of nitrogens with one attached hydrogen (secondary N) is 1. The number of hydrogen-bond acceptors (Lipinski definition) is 5. The molecular weight excluding hydrogens is 440 g/mol. The lowest BCUT2D eigenvalue weighted by Gasteiger charge is -2.18. The van der Waals surface area contributed by atoms with E-state index in [4.69, 9.17) is 4.98 Å². The predicted octanol–water partition coefficient (Wildman–Crippen LogP) is 7.19. The minimum absolute atomic E-state index is 0.0413. The average molecular weight is 465 g/mol. The third-order valence-corrected chi connectivity index (χ3v) is 8.90. The average Bonchev–Trinajstić information content (AvgIpc) is 3.33. The molecule has 0 bridgehead atoms. The minimum atomic E-state index is 0.0413. The van der Waals surface area contributed by atoms with Crippen LogP contribution in [0.2, 0.25) is 0 Å². The molecule has 2 aromatic heterocycles. The van der Waals surface area contributed by atoms with Crippen LogP contribution in [0.4, 0.5) is 5.00 Å². The van der Waals surface area contributed by atoms with Crippen molar-refractivity contribution in [1.29, 1.82) is 0 Å². The van der Waals surface area contributed by atoms with Crippen LogP contribution in [0.1, 0.15) is 29.3 Å². The lowest BCUT2D eigenvalue weighted by Crippen LogP contribution is -2.13. The molecule has 31 heavy (non-hydrogen) atoms. The number of thioether (sulfide) groups is 1. The Kier molecular flexibility index (Phi) is 5.87. The first-order valence-corrected chi connectivity index (χ1v) is 13.2. The number of thiazole rings is 1. The highest BCUT2D eigenvalue weighted by atomic mass is 32.2. The largest absolute Gasteiger partial charge is 0.316 e. The molecule has 158 valence electrons. The van der Waals surface area contributed by atoms with Crippen LogP contribution in [-0.2, 0) is 17.6 Å². The molecule has 2 aromatic carbocycles. The maximum Gasteiger partial charge on any atom is 0.235 e. The van der Waals surface area contributed by atoms with Gasteiger partial charge in [-0.05, 0) is 61.9 Å². The number of fused-ring (bicyclic) bond motifs is 2. The van der Waals surface area contributed by atoms with Crippen molar-refractivity contribution in [2.45, 2.75) is 38.0 Å². The summed E-state index contributed by atoms with van der Waals surface area (Å²) < 4.78 is 1.19. The molecule has 3 nitrogen and oxygen atoms in total. The summed E-state index contributed by atoms with van der Waals surface area (Å²) in [5.41, 5.74) is 4.80. The lowest BCUT2D eigenvalue weighted by atomic mass is 9.88. The Bertz CT molecular complexity index is 1210. The van der Waals surface area contributed by atoms with Gasteiger partial charge in [0.2, 0.25) is 5.91 Å². The summed E-state index contributed by atoms with van der Waals surface area (Å²) in [7, 11) is 0. The predicted molar refractivity (Wildman–Crippen MR) is 135 cm³/mol. The number of hydrogen-bond donors (Lipinski definition) is 1. The molecule has 2 heterocycles. The number of carbonyl (C=O) groups is 1. The first-order chi connectivity index (χ1) is 15.1. The fraction of sp³-hybridized carbons (Fsp3) is 0.280. The van der Waals surface area contributed by atoms with Crippen LogP contribution in [0.3, 0.4) is 0 Å². The summed E-state index contributed by atoms with van der Waals surface area (Å²) in [6.07, 6.45) is 3.34. The number of carbonyl (C=O) groups excluding carboxylic acids is 1. The van der Waals surface area contributed by atoms with E-state index < -0.39 is 0 Å². The second kappa shape index (κ2) is 8.77. The fourth-order valence-corrected chi connectivity index (χ4v) is 7.23. The maximum absolute atomic E-state index is 12.8. The van der Waals surface area contributed by atoms with Gasteiger partial charge in [-0.2, -0.15) is 0 Å². The Balaban J connectivity index is 1.43. The van der Waals surface area contributed by atoms with E-state index in [1.165, 1.54) is 27.1 Å². The summed E-state index contributed by atoms with van der Waals surface area (Å²) >= 11 is 5.05. The second-order valence-electron chi connectivity index (χ2n) is 8.19. The molecule has 0 fully saturated rings. The Hall–Kier alpha value is -2.15. The topological polar surface area (TPSA) is 42.0 Å². The molecule has 0 spiro atoms. The summed E-state index contributed by atoms with van der Waals surface area (Å²) in [6, 6.07) is 16.6. The SMILES string of the molecule is Cc1ccc(SCC(=O)Nc2sc3c(c2-c2nc4ccccc4s2)CCC(C)C3)cc1. The zero-order valence-electron chi connectivity index (χ0n) is 17.6. The van der Waals surface area contributed by atoms with E-state index >= 15 is 0 Å². The van der Waals surface area contributed by atoms with Gasteiger partial charge in [0.25, 0.3) is 0 Å². The van der Waals surface area contributed by atoms with E-state index in [1.54, 1.807) is 34.4 Å². The summed E-state index contributed by atoms with van der Waals surface area (Å²) in [5, 5.41) is 5.22. The molecule has 1 atom stereocenters. The number of benzene rings is 2. The second-order valence-corrected chi connectivity index (χ2v) is 11.4. The third-order valence-electron chi connectivity index (χ3n) is 5.66. The van der Waals surface area contributed by atoms with Crippen molar-refractivity contribution in [2.24, 2.45) is 5.92 Å². The first kappa shape index (κ1) is 20.7. The van der Waals surface area contributed by atoms with Gasteiger partial charge in [0, 0.05) is 15.3 Å². The standard InChI is InChI=1S/C25H24N2OS3/c1-15-7-10-17(11-8-15)29-14-22(28)27-25-23(18-12-9-16(2)13-21(18)31-25)24-26-19-5-3-4-6-20(19)30-24/h3-8,10-11,16H,9,12-14H2,1-2H3,(H,27,28). The monoisotopic (exact) mass is 464 g/mol. The van der Waals surface area contributed by atoms with Gasteiger partial charge in [-0.15, -0.1) is 34.4 Å². The molecule has 0 aliphatic heterocycles. The van der Waals surface area contributed by atoms with Gasteiger partial charge in [0.05, 0.1) is 16.0 Å². The molecule has 1 amide bonds. The number of aryl methyl sites for hydroxylation is 1. The molecule has 0 saturated carbocycles. The van der Waals surface area contributed by atoms with Crippen LogP contribution in [-0.4, -0.2) is 16.6 Å². The van der Waals surface area contributed by atoms with Crippen LogP contribution in [0.25, 0.3) is 20.8 Å². The van der Waals surface area contributed by atoms with Crippen LogP contribution in [0.5, 0.6) is 0 Å². The van der Waals surface area contributed by atoms with Crippen LogP contribution < -0.4 is 5.32 Å². The van der Waals surface area contributed by atoms with Crippen molar-refractivity contribution >= 4 is 55.6 Å². The number of anilines is 1. The molecule has 6 heteroatoms. The van der Waals surface area contributed by atoms with E-state index in [9.17, 15) is 4.79 Å². The smallest absolute Gasteiger partial charge is 0.235 e. The Morgan fingerprint density at radius 2 is 1.97 bits per heavy atom. The van der Waals surface area contributed by atoms with E-state index in [-0.39, 0.29) is 5.91 Å². The molecule has 0 saturated heterocycles. The van der Waals surface area contributed by atoms with Gasteiger partial charge in [0.1, 0.15) is 10.0 Å². The van der Waals surface area contributed by atoms with Crippen molar-refractivity contribution in [3.05, 3.63) is 64.5 Å². The fourth-order valence-electron chi connectivity index (χ4n) is 3.99. The van der Waals surface area contributed by atoms with E-state index in [1.807, 2.05) is 6.07 Å². The number of para-hydroxylation sites is 1. The number of aromatic nitrogens is 1. The molecule has 0 radical (unpaired) electrons. The van der Waals surface area contributed by atoms with E-state index in [2.05, 4.69) is 61.6 Å². The van der Waals surface area contributed by atoms with Gasteiger partial charge in [-0.1, -0.05) is 36.8 Å². The zero-order valence-corrected chi connectivity index (χ0v) is 20.1. The minimum Gasteiger partial charge on any atom is -0.316 e. The van der Waals surface area contributed by atoms with Crippen molar-refractivity contribution in [2.75, 3.05) is 11.1 Å². The van der Waals surface area contributed by atoms with Gasteiger partial charge in [-0.3, -0.25) is 4.79 Å². The van der Waals surface area contributed by atoms with Crippen LogP contribution in [0.15, 0.2) is 53.4 Å².